The van der Waals surface area contributed by atoms with Crippen LogP contribution in [0.5, 0.6) is 0 Å². The molecule has 0 saturated heterocycles. The van der Waals surface area contributed by atoms with Gasteiger partial charge in [-0.3, -0.25) is 4.79 Å². The first-order valence-electron chi connectivity index (χ1n) is 5.52. The van der Waals surface area contributed by atoms with Gasteiger partial charge >= 0.3 is 0 Å². The zero-order valence-corrected chi connectivity index (χ0v) is 10.8. The Bertz CT molecular complexity index is 451. The highest BCUT2D eigenvalue weighted by molar-refractivity contribution is 6.31. The van der Waals surface area contributed by atoms with Gasteiger partial charge in [-0.1, -0.05) is 18.5 Å². The van der Waals surface area contributed by atoms with Crippen LogP contribution in [0, 0.1) is 18.3 Å². The lowest BCUT2D eigenvalue weighted by atomic mass is 10.1. The Hall–Kier alpha value is -1.53. The average Bonchev–Trinajstić information content (AvgIpc) is 2.31. The number of carbonyl (C=O) groups excluding carboxylic acids is 1. The van der Waals surface area contributed by atoms with Crippen LogP contribution in [0.25, 0.3) is 0 Å². The van der Waals surface area contributed by atoms with Crippen molar-refractivity contribution in [3.8, 4) is 6.07 Å². The average molecular weight is 251 g/mol. The van der Waals surface area contributed by atoms with Gasteiger partial charge in [-0.2, -0.15) is 5.26 Å². The van der Waals surface area contributed by atoms with Crippen molar-refractivity contribution in [2.24, 2.45) is 0 Å². The minimum atomic E-state index is -0.117. The van der Waals surface area contributed by atoms with Crippen LogP contribution in [0.15, 0.2) is 18.2 Å². The fourth-order valence-corrected chi connectivity index (χ4v) is 1.69. The lowest BCUT2D eigenvalue weighted by Gasteiger charge is -2.19. The van der Waals surface area contributed by atoms with Crippen molar-refractivity contribution in [1.29, 1.82) is 5.26 Å². The SMILES string of the molecule is CCCN(CC#N)C(=O)c1ccc(Cl)c(C)c1. The Morgan fingerprint density at radius 2 is 2.24 bits per heavy atom. The van der Waals surface area contributed by atoms with Crippen LogP contribution < -0.4 is 0 Å². The highest BCUT2D eigenvalue weighted by Crippen LogP contribution is 2.17. The molecule has 0 aliphatic rings. The van der Waals surface area contributed by atoms with Gasteiger partial charge in [0.15, 0.2) is 0 Å². The minimum Gasteiger partial charge on any atom is -0.325 e. The van der Waals surface area contributed by atoms with Gasteiger partial charge in [0.2, 0.25) is 0 Å². The summed E-state index contributed by atoms with van der Waals surface area (Å²) in [5.74, 6) is -0.117. The Morgan fingerprint density at radius 3 is 2.76 bits per heavy atom. The Balaban J connectivity index is 2.93. The summed E-state index contributed by atoms with van der Waals surface area (Å²) >= 11 is 5.91. The van der Waals surface area contributed by atoms with Crippen LogP contribution in [-0.4, -0.2) is 23.9 Å². The molecule has 1 aromatic carbocycles. The normalized spacial score (nSPS) is 9.76. The molecule has 0 fully saturated rings. The van der Waals surface area contributed by atoms with E-state index in [1.165, 1.54) is 0 Å². The first kappa shape index (κ1) is 13.5. The summed E-state index contributed by atoms with van der Waals surface area (Å²) in [5.41, 5.74) is 1.45. The monoisotopic (exact) mass is 250 g/mol. The Morgan fingerprint density at radius 1 is 1.53 bits per heavy atom. The molecular formula is C13H15ClN2O. The standard InChI is InChI=1S/C13H15ClN2O/c1-3-7-16(8-6-15)13(17)11-4-5-12(14)10(2)9-11/h4-5,9H,3,7-8H2,1-2H3. The van der Waals surface area contributed by atoms with Crippen LogP contribution in [0.1, 0.15) is 29.3 Å². The van der Waals surface area contributed by atoms with E-state index < -0.39 is 0 Å². The molecule has 0 radical (unpaired) electrons. The molecule has 0 bridgehead atoms. The van der Waals surface area contributed by atoms with Crippen LogP contribution in [0.3, 0.4) is 0 Å². The van der Waals surface area contributed by atoms with Crippen molar-refractivity contribution < 1.29 is 4.79 Å². The van der Waals surface area contributed by atoms with Gasteiger partial charge in [0, 0.05) is 17.1 Å². The van der Waals surface area contributed by atoms with Gasteiger partial charge in [-0.15, -0.1) is 0 Å². The lowest BCUT2D eigenvalue weighted by Crippen LogP contribution is -2.32. The smallest absolute Gasteiger partial charge is 0.254 e. The molecule has 0 unspecified atom stereocenters. The highest BCUT2D eigenvalue weighted by Gasteiger charge is 2.15. The third-order valence-electron chi connectivity index (χ3n) is 2.45. The summed E-state index contributed by atoms with van der Waals surface area (Å²) in [5, 5.41) is 9.34. The number of nitriles is 1. The number of carbonyl (C=O) groups is 1. The molecular weight excluding hydrogens is 236 g/mol. The zero-order chi connectivity index (χ0) is 12.8. The molecule has 17 heavy (non-hydrogen) atoms. The summed E-state index contributed by atoms with van der Waals surface area (Å²) in [6.45, 7) is 4.54. The van der Waals surface area contributed by atoms with E-state index in [1.807, 2.05) is 19.9 Å². The van der Waals surface area contributed by atoms with Gasteiger partial charge in [0.25, 0.3) is 5.91 Å². The summed E-state index contributed by atoms with van der Waals surface area (Å²) in [6, 6.07) is 7.16. The number of hydrogen-bond donors (Lipinski definition) is 0. The number of nitrogens with zero attached hydrogens (tertiary/aromatic N) is 2. The summed E-state index contributed by atoms with van der Waals surface area (Å²) in [7, 11) is 0. The van der Waals surface area contributed by atoms with Crippen molar-refractivity contribution in [2.45, 2.75) is 20.3 Å². The maximum absolute atomic E-state index is 12.1. The Labute approximate surface area is 107 Å². The molecule has 1 aromatic rings. The molecule has 0 aliphatic carbocycles. The third-order valence-corrected chi connectivity index (χ3v) is 2.87. The second-order valence-electron chi connectivity index (χ2n) is 3.85. The van der Waals surface area contributed by atoms with Crippen molar-refractivity contribution in [3.05, 3.63) is 34.3 Å². The topological polar surface area (TPSA) is 44.1 Å². The van der Waals surface area contributed by atoms with Crippen molar-refractivity contribution in [1.82, 2.24) is 4.90 Å². The van der Waals surface area contributed by atoms with Crippen molar-refractivity contribution in [3.63, 3.8) is 0 Å². The molecule has 4 heteroatoms. The maximum Gasteiger partial charge on any atom is 0.254 e. The van der Waals surface area contributed by atoms with Crippen LogP contribution in [0.4, 0.5) is 0 Å². The quantitative estimate of drug-likeness (QED) is 0.771. The Kier molecular flexibility index (Phi) is 4.99. The van der Waals surface area contributed by atoms with Gasteiger partial charge in [0.1, 0.15) is 6.54 Å². The molecule has 0 atom stereocenters. The zero-order valence-electron chi connectivity index (χ0n) is 10.0. The predicted molar refractivity (Wildman–Crippen MR) is 68.0 cm³/mol. The second-order valence-corrected chi connectivity index (χ2v) is 4.26. The summed E-state index contributed by atoms with van der Waals surface area (Å²) < 4.78 is 0. The molecule has 0 N–H and O–H groups in total. The maximum atomic E-state index is 12.1. The van der Waals surface area contributed by atoms with Gasteiger partial charge in [-0.05, 0) is 37.1 Å². The van der Waals surface area contributed by atoms with E-state index >= 15 is 0 Å². The number of aryl methyl sites for hydroxylation is 1. The van der Waals surface area contributed by atoms with Crippen LogP contribution in [0.2, 0.25) is 5.02 Å². The molecule has 0 aromatic heterocycles. The van der Waals surface area contributed by atoms with Crippen molar-refractivity contribution in [2.75, 3.05) is 13.1 Å². The number of halogens is 1. The lowest BCUT2D eigenvalue weighted by molar-refractivity contribution is 0.0776. The second kappa shape index (κ2) is 6.27. The molecule has 0 aliphatic heterocycles. The predicted octanol–water partition coefficient (Wildman–Crippen LogP) is 3.02. The van der Waals surface area contributed by atoms with E-state index in [0.29, 0.717) is 17.1 Å². The highest BCUT2D eigenvalue weighted by atomic mass is 35.5. The van der Waals surface area contributed by atoms with E-state index in [9.17, 15) is 4.79 Å². The van der Waals surface area contributed by atoms with Gasteiger partial charge in [-0.25, -0.2) is 0 Å². The van der Waals surface area contributed by atoms with E-state index in [2.05, 4.69) is 0 Å². The molecule has 1 amide bonds. The summed E-state index contributed by atoms with van der Waals surface area (Å²) in [6.07, 6.45) is 0.833. The van der Waals surface area contributed by atoms with Crippen molar-refractivity contribution >= 4 is 17.5 Å². The van der Waals surface area contributed by atoms with Gasteiger partial charge in [0.05, 0.1) is 6.07 Å². The number of benzene rings is 1. The fourth-order valence-electron chi connectivity index (χ4n) is 1.57. The van der Waals surface area contributed by atoms with Gasteiger partial charge < -0.3 is 4.90 Å². The first-order valence-corrected chi connectivity index (χ1v) is 5.90. The van der Waals surface area contributed by atoms with E-state index in [1.54, 1.807) is 23.1 Å². The summed E-state index contributed by atoms with van der Waals surface area (Å²) in [4.78, 5) is 13.7. The molecule has 1 rings (SSSR count). The minimum absolute atomic E-state index is 0.117. The molecule has 0 heterocycles. The molecule has 90 valence electrons. The molecule has 0 spiro atoms. The van der Waals surface area contributed by atoms with E-state index in [0.717, 1.165) is 12.0 Å². The first-order chi connectivity index (χ1) is 8.10. The number of amides is 1. The third kappa shape index (κ3) is 3.47. The van der Waals surface area contributed by atoms with Crippen LogP contribution in [-0.2, 0) is 0 Å². The van der Waals surface area contributed by atoms with Crippen LogP contribution >= 0.6 is 11.6 Å². The van der Waals surface area contributed by atoms with E-state index in [-0.39, 0.29) is 12.5 Å². The fraction of sp³-hybridized carbons (Fsp3) is 0.385. The molecule has 0 saturated carbocycles. The number of rotatable bonds is 4. The number of hydrogen-bond acceptors (Lipinski definition) is 2. The largest absolute Gasteiger partial charge is 0.325 e. The molecule has 3 nitrogen and oxygen atoms in total. The van der Waals surface area contributed by atoms with E-state index in [4.69, 9.17) is 16.9 Å².